The van der Waals surface area contributed by atoms with Gasteiger partial charge in [-0.15, -0.1) is 0 Å². The molecule has 2 aliphatic rings. The van der Waals surface area contributed by atoms with E-state index in [0.29, 0.717) is 0 Å². The summed E-state index contributed by atoms with van der Waals surface area (Å²) in [6.07, 6.45) is 0. The first kappa shape index (κ1) is 39.3. The molecule has 0 unspecified atom stereocenters. The first-order valence-corrected chi connectivity index (χ1v) is 22.5. The van der Waals surface area contributed by atoms with Gasteiger partial charge in [0.1, 0.15) is 0 Å². The van der Waals surface area contributed by atoms with Crippen molar-refractivity contribution in [3.63, 3.8) is 0 Å². The molecule has 0 spiro atoms. The van der Waals surface area contributed by atoms with Gasteiger partial charge in [0.05, 0.1) is 0 Å². The molecule has 3 nitrogen and oxygen atoms in total. The van der Waals surface area contributed by atoms with Crippen LogP contribution in [0.25, 0.3) is 22.3 Å². The smallest absolute Gasteiger partial charge is 0.252 e. The zero-order chi connectivity index (χ0) is 43.5. The van der Waals surface area contributed by atoms with E-state index in [1.807, 2.05) is 0 Å². The molecule has 11 rings (SSSR count). The van der Waals surface area contributed by atoms with E-state index in [1.165, 1.54) is 83.8 Å². The average Bonchev–Trinajstić information content (AvgIpc) is 3.33. The standard InChI is InChI=1S/C60H50BN3/c1-41-19-28-50(29-20-41)64-57-18-12-17-56-59(57)61(54-39-42(2)21-38-55(54)63(56)51-34-26-47(27-35-51)60(3,4)5)53-37-36-52(40-58(53)64)62(48-30-22-45(23-31-48)43-13-8-6-9-14-43)49-32-24-46(25-33-49)44-15-10-7-11-16-44/h6-40H,1-5H3. The zero-order valence-corrected chi connectivity index (χ0v) is 37.1. The van der Waals surface area contributed by atoms with Crippen LogP contribution < -0.4 is 31.1 Å². The summed E-state index contributed by atoms with van der Waals surface area (Å²) in [4.78, 5) is 7.40. The molecular weight excluding hydrogens is 773 g/mol. The third-order valence-corrected chi connectivity index (χ3v) is 13.1. The summed E-state index contributed by atoms with van der Waals surface area (Å²) in [5.74, 6) is 0. The highest BCUT2D eigenvalue weighted by Crippen LogP contribution is 2.46. The fourth-order valence-electron chi connectivity index (χ4n) is 9.86. The van der Waals surface area contributed by atoms with Crippen molar-refractivity contribution in [1.82, 2.24) is 0 Å². The molecule has 0 N–H and O–H groups in total. The number of nitrogens with zero attached hydrogens (tertiary/aromatic N) is 3. The maximum absolute atomic E-state index is 2.50. The molecule has 0 atom stereocenters. The van der Waals surface area contributed by atoms with Crippen LogP contribution in [0.5, 0.6) is 0 Å². The molecular formula is C60H50BN3. The zero-order valence-electron chi connectivity index (χ0n) is 37.1. The molecule has 64 heavy (non-hydrogen) atoms. The van der Waals surface area contributed by atoms with Crippen LogP contribution in [0.15, 0.2) is 212 Å². The third-order valence-electron chi connectivity index (χ3n) is 13.1. The molecule has 308 valence electrons. The first-order valence-electron chi connectivity index (χ1n) is 22.5. The van der Waals surface area contributed by atoms with Gasteiger partial charge in [-0.1, -0.05) is 165 Å². The Morgan fingerprint density at radius 3 is 1.41 bits per heavy atom. The number of rotatable bonds is 7. The topological polar surface area (TPSA) is 9.72 Å². The van der Waals surface area contributed by atoms with Crippen LogP contribution in [0.4, 0.5) is 51.2 Å². The van der Waals surface area contributed by atoms with Gasteiger partial charge in [-0.2, -0.15) is 0 Å². The normalized spacial score (nSPS) is 12.7. The molecule has 0 fully saturated rings. The van der Waals surface area contributed by atoms with Crippen molar-refractivity contribution in [2.45, 2.75) is 40.0 Å². The molecule has 0 amide bonds. The maximum Gasteiger partial charge on any atom is 0.252 e. The molecule has 2 heterocycles. The predicted molar refractivity (Wildman–Crippen MR) is 274 cm³/mol. The highest BCUT2D eigenvalue weighted by molar-refractivity contribution is 7.00. The Balaban J connectivity index is 1.11. The summed E-state index contributed by atoms with van der Waals surface area (Å²) in [5.41, 5.74) is 23.0. The number of fused-ring (bicyclic) bond motifs is 4. The molecule has 4 heteroatoms. The summed E-state index contributed by atoms with van der Waals surface area (Å²) >= 11 is 0. The van der Waals surface area contributed by atoms with Gasteiger partial charge >= 0.3 is 0 Å². The second-order valence-corrected chi connectivity index (χ2v) is 18.4. The summed E-state index contributed by atoms with van der Waals surface area (Å²) in [5, 5.41) is 0. The van der Waals surface area contributed by atoms with Crippen LogP contribution in [0.2, 0.25) is 0 Å². The van der Waals surface area contributed by atoms with E-state index in [4.69, 9.17) is 0 Å². The lowest BCUT2D eigenvalue weighted by Gasteiger charge is -2.44. The summed E-state index contributed by atoms with van der Waals surface area (Å²) in [6, 6.07) is 78.6. The molecule has 0 saturated carbocycles. The summed E-state index contributed by atoms with van der Waals surface area (Å²) in [7, 11) is 0. The lowest BCUT2D eigenvalue weighted by Crippen LogP contribution is -2.61. The lowest BCUT2D eigenvalue weighted by molar-refractivity contribution is 0.590. The van der Waals surface area contributed by atoms with Gasteiger partial charge in [0.25, 0.3) is 6.71 Å². The Hall–Kier alpha value is -7.56. The quantitative estimate of drug-likeness (QED) is 0.148. The van der Waals surface area contributed by atoms with E-state index in [1.54, 1.807) is 0 Å². The molecule has 0 saturated heterocycles. The predicted octanol–water partition coefficient (Wildman–Crippen LogP) is 14.5. The monoisotopic (exact) mass is 823 g/mol. The van der Waals surface area contributed by atoms with Crippen LogP contribution in [-0.4, -0.2) is 6.71 Å². The number of benzene rings is 9. The SMILES string of the molecule is Cc1ccc(N2c3cc(N(c4ccc(-c5ccccc5)cc4)c4ccc(-c5ccccc5)cc4)ccc3B3c4cc(C)ccc4N(c4ccc(C(C)(C)C)cc4)c4cccc2c43)cc1. The molecule has 9 aromatic carbocycles. The minimum Gasteiger partial charge on any atom is -0.311 e. The van der Waals surface area contributed by atoms with Crippen molar-refractivity contribution in [3.05, 3.63) is 229 Å². The fourth-order valence-corrected chi connectivity index (χ4v) is 9.86. The summed E-state index contributed by atoms with van der Waals surface area (Å²) in [6.45, 7) is 11.3. The summed E-state index contributed by atoms with van der Waals surface area (Å²) < 4.78 is 0. The fraction of sp³-hybridized carbons (Fsp3) is 0.100. The number of anilines is 9. The molecule has 0 aliphatic carbocycles. The second-order valence-electron chi connectivity index (χ2n) is 18.4. The van der Waals surface area contributed by atoms with E-state index in [-0.39, 0.29) is 12.1 Å². The van der Waals surface area contributed by atoms with Gasteiger partial charge < -0.3 is 14.7 Å². The largest absolute Gasteiger partial charge is 0.311 e. The van der Waals surface area contributed by atoms with E-state index in [2.05, 4.69) is 262 Å². The van der Waals surface area contributed by atoms with Crippen LogP contribution in [0, 0.1) is 13.8 Å². The molecule has 0 radical (unpaired) electrons. The maximum atomic E-state index is 2.50. The van der Waals surface area contributed by atoms with Gasteiger partial charge in [-0.25, -0.2) is 0 Å². The minimum absolute atomic E-state index is 0.0284. The molecule has 2 aliphatic heterocycles. The van der Waals surface area contributed by atoms with Crippen LogP contribution in [-0.2, 0) is 5.41 Å². The van der Waals surface area contributed by atoms with Gasteiger partial charge in [0.2, 0.25) is 0 Å². The van der Waals surface area contributed by atoms with Crippen LogP contribution >= 0.6 is 0 Å². The van der Waals surface area contributed by atoms with E-state index < -0.39 is 0 Å². The minimum atomic E-state index is 0.0284. The number of aryl methyl sites for hydroxylation is 2. The van der Waals surface area contributed by atoms with E-state index in [9.17, 15) is 0 Å². The van der Waals surface area contributed by atoms with Crippen molar-refractivity contribution in [1.29, 1.82) is 0 Å². The molecule has 0 bridgehead atoms. The van der Waals surface area contributed by atoms with Crippen molar-refractivity contribution < 1.29 is 0 Å². The average molecular weight is 824 g/mol. The third kappa shape index (κ3) is 6.87. The number of hydrogen-bond acceptors (Lipinski definition) is 3. The van der Waals surface area contributed by atoms with E-state index >= 15 is 0 Å². The molecule has 9 aromatic rings. The van der Waals surface area contributed by atoms with Crippen LogP contribution in [0.1, 0.15) is 37.5 Å². The van der Waals surface area contributed by atoms with E-state index in [0.717, 1.165) is 22.7 Å². The number of hydrogen-bond donors (Lipinski definition) is 0. The first-order chi connectivity index (χ1) is 31.2. The lowest BCUT2D eigenvalue weighted by atomic mass is 9.33. The Labute approximate surface area is 378 Å². The molecule has 0 aromatic heterocycles. The van der Waals surface area contributed by atoms with Gasteiger partial charge in [0, 0.05) is 51.2 Å². The van der Waals surface area contributed by atoms with Crippen molar-refractivity contribution in [3.8, 4) is 22.3 Å². The van der Waals surface area contributed by atoms with Crippen molar-refractivity contribution in [2.75, 3.05) is 14.7 Å². The Morgan fingerprint density at radius 2 is 0.859 bits per heavy atom. The van der Waals surface area contributed by atoms with Gasteiger partial charge in [-0.3, -0.25) is 0 Å². The highest BCUT2D eigenvalue weighted by Gasteiger charge is 2.43. The van der Waals surface area contributed by atoms with Gasteiger partial charge in [-0.05, 0) is 142 Å². The van der Waals surface area contributed by atoms with Crippen molar-refractivity contribution in [2.24, 2.45) is 0 Å². The Kier molecular flexibility index (Phi) is 9.62. The Bertz CT molecular complexity index is 3050. The Morgan fingerprint density at radius 1 is 0.375 bits per heavy atom. The second kappa shape index (κ2) is 15.7. The van der Waals surface area contributed by atoms with Gasteiger partial charge in [0.15, 0.2) is 0 Å². The highest BCUT2D eigenvalue weighted by atomic mass is 15.2. The van der Waals surface area contributed by atoms with Crippen LogP contribution in [0.3, 0.4) is 0 Å². The van der Waals surface area contributed by atoms with Crippen molar-refractivity contribution >= 4 is 74.3 Å².